The van der Waals surface area contributed by atoms with Gasteiger partial charge in [0.05, 0.1) is 7.11 Å². The molecule has 2 aromatic rings. The lowest BCUT2D eigenvalue weighted by Crippen LogP contribution is -2.47. The Kier molecular flexibility index (Phi) is 9.57. The van der Waals surface area contributed by atoms with Crippen molar-refractivity contribution in [2.24, 2.45) is 0 Å². The van der Waals surface area contributed by atoms with Crippen molar-refractivity contribution in [1.29, 1.82) is 0 Å². The number of hydrogen-bond donors (Lipinski definition) is 1. The third kappa shape index (κ3) is 7.46. The molecule has 0 fully saturated rings. The standard InChI is InChI=1S/C23H30N2O3S/c1-4-24-23(27)18(2)25(16-20-11-8-12-21(15-20)28-3)22(26)13-14-29-17-19-9-6-5-7-10-19/h5-12,15,18H,4,13-14,16-17H2,1-3H3,(H,24,27). The molecule has 0 spiro atoms. The maximum absolute atomic E-state index is 13.0. The van der Waals surface area contributed by atoms with Crippen molar-refractivity contribution < 1.29 is 14.3 Å². The van der Waals surface area contributed by atoms with E-state index in [1.54, 1.807) is 30.7 Å². The van der Waals surface area contributed by atoms with Gasteiger partial charge in [0, 0.05) is 31.0 Å². The molecule has 2 rings (SSSR count). The first-order chi connectivity index (χ1) is 14.0. The fourth-order valence-corrected chi connectivity index (χ4v) is 3.83. The molecule has 1 unspecified atom stereocenters. The van der Waals surface area contributed by atoms with E-state index in [9.17, 15) is 9.59 Å². The van der Waals surface area contributed by atoms with Crippen LogP contribution in [0.25, 0.3) is 0 Å². The summed E-state index contributed by atoms with van der Waals surface area (Å²) >= 11 is 1.73. The van der Waals surface area contributed by atoms with Gasteiger partial charge in [0.15, 0.2) is 0 Å². The van der Waals surface area contributed by atoms with E-state index in [1.165, 1.54) is 5.56 Å². The van der Waals surface area contributed by atoms with Crippen molar-refractivity contribution in [1.82, 2.24) is 10.2 Å². The lowest BCUT2D eigenvalue weighted by Gasteiger charge is -2.29. The summed E-state index contributed by atoms with van der Waals surface area (Å²) in [5, 5.41) is 2.82. The molecule has 2 aromatic carbocycles. The van der Waals surface area contributed by atoms with E-state index < -0.39 is 6.04 Å². The molecule has 0 saturated carbocycles. The molecule has 1 N–H and O–H groups in total. The number of nitrogens with one attached hydrogen (secondary N) is 1. The van der Waals surface area contributed by atoms with Gasteiger partial charge in [0.1, 0.15) is 11.8 Å². The second-order valence-corrected chi connectivity index (χ2v) is 7.84. The number of nitrogens with zero attached hydrogens (tertiary/aromatic N) is 1. The summed E-state index contributed by atoms with van der Waals surface area (Å²) in [5.74, 6) is 2.16. The first-order valence-corrected chi connectivity index (χ1v) is 11.0. The highest BCUT2D eigenvalue weighted by atomic mass is 32.2. The molecule has 29 heavy (non-hydrogen) atoms. The minimum atomic E-state index is -0.534. The third-order valence-electron chi connectivity index (χ3n) is 4.58. The predicted octanol–water partition coefficient (Wildman–Crippen LogP) is 3.87. The van der Waals surface area contributed by atoms with Gasteiger partial charge in [-0.15, -0.1) is 0 Å². The smallest absolute Gasteiger partial charge is 0.242 e. The van der Waals surface area contributed by atoms with E-state index in [4.69, 9.17) is 4.74 Å². The highest BCUT2D eigenvalue weighted by Gasteiger charge is 2.25. The average molecular weight is 415 g/mol. The number of rotatable bonds is 11. The number of amides is 2. The Labute approximate surface area is 177 Å². The molecule has 2 amide bonds. The van der Waals surface area contributed by atoms with Gasteiger partial charge in [-0.2, -0.15) is 11.8 Å². The number of likely N-dealkylation sites (N-methyl/N-ethyl adjacent to an activating group) is 1. The largest absolute Gasteiger partial charge is 0.497 e. The molecule has 0 radical (unpaired) electrons. The quantitative estimate of drug-likeness (QED) is 0.567. The third-order valence-corrected chi connectivity index (χ3v) is 5.61. The lowest BCUT2D eigenvalue weighted by molar-refractivity contribution is -0.140. The zero-order valence-corrected chi connectivity index (χ0v) is 18.2. The van der Waals surface area contributed by atoms with Crippen molar-refractivity contribution >= 4 is 23.6 Å². The summed E-state index contributed by atoms with van der Waals surface area (Å²) in [6.45, 7) is 4.56. The molecule has 6 heteroatoms. The Morgan fingerprint density at radius 2 is 1.83 bits per heavy atom. The molecule has 0 aliphatic heterocycles. The molecule has 5 nitrogen and oxygen atoms in total. The van der Waals surface area contributed by atoms with Crippen molar-refractivity contribution in [2.45, 2.75) is 38.6 Å². The SMILES string of the molecule is CCNC(=O)C(C)N(Cc1cccc(OC)c1)C(=O)CCSCc1ccccc1. The highest BCUT2D eigenvalue weighted by Crippen LogP contribution is 2.18. The van der Waals surface area contributed by atoms with Crippen molar-refractivity contribution in [3.8, 4) is 5.75 Å². The summed E-state index contributed by atoms with van der Waals surface area (Å²) in [6, 6.07) is 17.3. The first kappa shape index (κ1) is 22.8. The molecule has 0 aliphatic carbocycles. The van der Waals surface area contributed by atoms with Crippen molar-refractivity contribution in [2.75, 3.05) is 19.4 Å². The maximum Gasteiger partial charge on any atom is 0.242 e. The predicted molar refractivity (Wildman–Crippen MR) is 119 cm³/mol. The van der Waals surface area contributed by atoms with Crippen molar-refractivity contribution in [3.05, 3.63) is 65.7 Å². The molecule has 0 aliphatic rings. The molecular formula is C23H30N2O3S. The van der Waals surface area contributed by atoms with Gasteiger partial charge in [-0.1, -0.05) is 42.5 Å². The van der Waals surface area contributed by atoms with E-state index in [0.717, 1.165) is 17.1 Å². The topological polar surface area (TPSA) is 58.6 Å². The summed E-state index contributed by atoms with van der Waals surface area (Å²) in [6.07, 6.45) is 0.394. The van der Waals surface area contributed by atoms with Gasteiger partial charge in [-0.3, -0.25) is 9.59 Å². The summed E-state index contributed by atoms with van der Waals surface area (Å²) < 4.78 is 5.28. The van der Waals surface area contributed by atoms with E-state index >= 15 is 0 Å². The number of thioether (sulfide) groups is 1. The number of carbonyl (C=O) groups excluding carboxylic acids is 2. The number of methoxy groups -OCH3 is 1. The van der Waals surface area contributed by atoms with E-state index in [-0.39, 0.29) is 11.8 Å². The van der Waals surface area contributed by atoms with Gasteiger partial charge >= 0.3 is 0 Å². The second-order valence-electron chi connectivity index (χ2n) is 6.73. The van der Waals surface area contributed by atoms with Crippen LogP contribution in [0.15, 0.2) is 54.6 Å². The Bertz CT molecular complexity index is 783. The van der Waals surface area contributed by atoms with Crippen LogP contribution in [-0.4, -0.2) is 42.2 Å². The fourth-order valence-electron chi connectivity index (χ4n) is 2.94. The van der Waals surface area contributed by atoms with Gasteiger partial charge in [-0.05, 0) is 37.1 Å². The molecule has 0 heterocycles. The first-order valence-electron chi connectivity index (χ1n) is 9.87. The van der Waals surface area contributed by atoms with E-state index in [2.05, 4.69) is 17.4 Å². The molecule has 0 saturated heterocycles. The minimum Gasteiger partial charge on any atom is -0.497 e. The number of benzene rings is 2. The summed E-state index contributed by atoms with van der Waals surface area (Å²) in [4.78, 5) is 27.0. The van der Waals surface area contributed by atoms with Crippen LogP contribution in [0.2, 0.25) is 0 Å². The lowest BCUT2D eigenvalue weighted by atomic mass is 10.1. The van der Waals surface area contributed by atoms with Gasteiger partial charge in [0.2, 0.25) is 11.8 Å². The Hall–Kier alpha value is -2.47. The molecular weight excluding hydrogens is 384 g/mol. The summed E-state index contributed by atoms with van der Waals surface area (Å²) in [5.41, 5.74) is 2.18. The Morgan fingerprint density at radius 3 is 2.52 bits per heavy atom. The Morgan fingerprint density at radius 1 is 1.10 bits per heavy atom. The van der Waals surface area contributed by atoms with Crippen LogP contribution >= 0.6 is 11.8 Å². The van der Waals surface area contributed by atoms with E-state index in [1.807, 2.05) is 49.4 Å². The molecule has 156 valence electrons. The zero-order valence-electron chi connectivity index (χ0n) is 17.4. The van der Waals surface area contributed by atoms with Crippen LogP contribution in [0.4, 0.5) is 0 Å². The van der Waals surface area contributed by atoms with Gasteiger partial charge in [0.25, 0.3) is 0 Å². The van der Waals surface area contributed by atoms with Crippen LogP contribution in [-0.2, 0) is 21.9 Å². The van der Waals surface area contributed by atoms with Crippen LogP contribution < -0.4 is 10.1 Å². The fraction of sp³-hybridized carbons (Fsp3) is 0.391. The van der Waals surface area contributed by atoms with Crippen LogP contribution in [0.3, 0.4) is 0 Å². The van der Waals surface area contributed by atoms with E-state index in [0.29, 0.717) is 25.3 Å². The van der Waals surface area contributed by atoms with Crippen LogP contribution in [0.1, 0.15) is 31.4 Å². The summed E-state index contributed by atoms with van der Waals surface area (Å²) in [7, 11) is 1.61. The number of hydrogen-bond acceptors (Lipinski definition) is 4. The molecule has 0 aromatic heterocycles. The van der Waals surface area contributed by atoms with Crippen LogP contribution in [0, 0.1) is 0 Å². The minimum absolute atomic E-state index is 0.0212. The maximum atomic E-state index is 13.0. The Balaban J connectivity index is 2.00. The van der Waals surface area contributed by atoms with Gasteiger partial charge in [-0.25, -0.2) is 0 Å². The molecule has 1 atom stereocenters. The number of carbonyl (C=O) groups is 2. The van der Waals surface area contributed by atoms with Gasteiger partial charge < -0.3 is 15.0 Å². The van der Waals surface area contributed by atoms with Crippen LogP contribution in [0.5, 0.6) is 5.75 Å². The molecule has 0 bridgehead atoms. The normalized spacial score (nSPS) is 11.6. The van der Waals surface area contributed by atoms with Crippen molar-refractivity contribution in [3.63, 3.8) is 0 Å². The second kappa shape index (κ2) is 12.2. The number of ether oxygens (including phenoxy) is 1. The highest BCUT2D eigenvalue weighted by molar-refractivity contribution is 7.98. The zero-order chi connectivity index (χ0) is 21.1. The monoisotopic (exact) mass is 414 g/mol. The average Bonchev–Trinajstić information content (AvgIpc) is 2.75.